The Morgan fingerprint density at radius 1 is 1.50 bits per heavy atom. The van der Waals surface area contributed by atoms with Crippen LogP contribution in [0.4, 0.5) is 8.78 Å². The molecule has 0 aliphatic heterocycles. The summed E-state index contributed by atoms with van der Waals surface area (Å²) < 4.78 is 30.5. The number of hydrogen-bond acceptors (Lipinski definition) is 3. The molecule has 0 aliphatic rings. The zero-order chi connectivity index (χ0) is 12.3. The summed E-state index contributed by atoms with van der Waals surface area (Å²) >= 11 is 3.08. The van der Waals surface area contributed by atoms with Crippen molar-refractivity contribution in [2.24, 2.45) is 5.73 Å². The van der Waals surface area contributed by atoms with Crippen LogP contribution >= 0.6 is 15.9 Å². The second-order valence-electron chi connectivity index (χ2n) is 3.14. The van der Waals surface area contributed by atoms with Crippen molar-refractivity contribution in [1.29, 1.82) is 0 Å². The van der Waals surface area contributed by atoms with Gasteiger partial charge in [0.25, 0.3) is 6.43 Å². The van der Waals surface area contributed by atoms with E-state index in [1.165, 1.54) is 18.2 Å². The summed E-state index contributed by atoms with van der Waals surface area (Å²) in [5.41, 5.74) is 3.01. The van der Waals surface area contributed by atoms with Crippen LogP contribution in [0.2, 0.25) is 0 Å². The fraction of sp³-hybridized carbons (Fsp3) is 0.300. The largest absolute Gasteiger partial charge is 0.467 e. The normalized spacial score (nSPS) is 14.6. The van der Waals surface area contributed by atoms with Gasteiger partial charge in [0, 0.05) is 10.0 Å². The Hall–Kier alpha value is -1.01. The molecule has 2 N–H and O–H groups in total. The molecule has 0 aliphatic carbocycles. The molecular weight excluding hydrogens is 284 g/mol. The van der Waals surface area contributed by atoms with Crippen LogP contribution < -0.4 is 5.73 Å². The second kappa shape index (κ2) is 4.88. The first-order valence-electron chi connectivity index (χ1n) is 4.35. The summed E-state index contributed by atoms with van der Waals surface area (Å²) in [6, 6.07) is 6.04. The highest BCUT2D eigenvalue weighted by Gasteiger charge is 2.47. The van der Waals surface area contributed by atoms with Gasteiger partial charge in [0.2, 0.25) is 5.54 Å². The van der Waals surface area contributed by atoms with Gasteiger partial charge < -0.3 is 10.5 Å². The molecule has 3 nitrogen and oxygen atoms in total. The molecule has 0 amide bonds. The van der Waals surface area contributed by atoms with E-state index >= 15 is 0 Å². The van der Waals surface area contributed by atoms with Crippen molar-refractivity contribution >= 4 is 21.9 Å². The maximum Gasteiger partial charge on any atom is 0.336 e. The molecule has 16 heavy (non-hydrogen) atoms. The molecule has 0 saturated heterocycles. The van der Waals surface area contributed by atoms with Gasteiger partial charge in [-0.3, -0.25) is 0 Å². The number of carbonyl (C=O) groups excluding carboxylic acids is 1. The Kier molecular flexibility index (Phi) is 3.98. The fourth-order valence-corrected chi connectivity index (χ4v) is 1.89. The van der Waals surface area contributed by atoms with Gasteiger partial charge in [-0.2, -0.15) is 0 Å². The quantitative estimate of drug-likeness (QED) is 0.868. The second-order valence-corrected chi connectivity index (χ2v) is 4.00. The van der Waals surface area contributed by atoms with E-state index in [4.69, 9.17) is 5.73 Å². The Bertz CT molecular complexity index is 400. The molecule has 1 aromatic rings. The lowest BCUT2D eigenvalue weighted by Gasteiger charge is -2.26. The molecule has 0 fully saturated rings. The molecule has 6 heteroatoms. The lowest BCUT2D eigenvalue weighted by atomic mass is 9.91. The molecule has 1 atom stereocenters. The van der Waals surface area contributed by atoms with Crippen LogP contribution in [-0.2, 0) is 15.1 Å². The van der Waals surface area contributed by atoms with Crippen molar-refractivity contribution in [2.75, 3.05) is 7.11 Å². The minimum absolute atomic E-state index is 0.00292. The molecule has 1 unspecified atom stereocenters. The van der Waals surface area contributed by atoms with Crippen LogP contribution in [0.25, 0.3) is 0 Å². The van der Waals surface area contributed by atoms with Gasteiger partial charge >= 0.3 is 5.97 Å². The third-order valence-corrected chi connectivity index (χ3v) is 2.88. The number of carbonyl (C=O) groups is 1. The number of hydrogen-bond donors (Lipinski definition) is 1. The lowest BCUT2D eigenvalue weighted by Crippen LogP contribution is -2.52. The summed E-state index contributed by atoms with van der Waals surface area (Å²) in [6.45, 7) is 0. The van der Waals surface area contributed by atoms with Gasteiger partial charge in [-0.25, -0.2) is 13.6 Å². The third kappa shape index (κ3) is 2.08. The monoisotopic (exact) mass is 293 g/mol. The van der Waals surface area contributed by atoms with E-state index < -0.39 is 17.9 Å². The molecule has 0 radical (unpaired) electrons. The molecule has 0 saturated carbocycles. The molecule has 0 spiro atoms. The van der Waals surface area contributed by atoms with E-state index in [0.717, 1.165) is 7.11 Å². The van der Waals surface area contributed by atoms with E-state index in [1.807, 2.05) is 0 Å². The van der Waals surface area contributed by atoms with Crippen molar-refractivity contribution in [1.82, 2.24) is 0 Å². The van der Waals surface area contributed by atoms with Crippen LogP contribution in [0.1, 0.15) is 5.56 Å². The SMILES string of the molecule is COC(=O)C(N)(c1ccccc1Br)C(F)F. The van der Waals surface area contributed by atoms with Crippen LogP contribution in [-0.4, -0.2) is 19.5 Å². The molecule has 1 rings (SSSR count). The number of benzene rings is 1. The Labute approximate surface area is 99.7 Å². The van der Waals surface area contributed by atoms with E-state index in [0.29, 0.717) is 4.47 Å². The fourth-order valence-electron chi connectivity index (χ4n) is 1.28. The topological polar surface area (TPSA) is 52.3 Å². The number of ether oxygens (including phenoxy) is 1. The first-order chi connectivity index (χ1) is 7.44. The highest BCUT2D eigenvalue weighted by molar-refractivity contribution is 9.10. The molecule has 88 valence electrons. The third-order valence-electron chi connectivity index (χ3n) is 2.19. The minimum atomic E-state index is -3.06. The van der Waals surface area contributed by atoms with Gasteiger partial charge in [-0.05, 0) is 6.07 Å². The van der Waals surface area contributed by atoms with Crippen LogP contribution in [0, 0.1) is 0 Å². The van der Waals surface area contributed by atoms with E-state index in [2.05, 4.69) is 20.7 Å². The number of nitrogens with two attached hydrogens (primary N) is 1. The number of rotatable bonds is 3. The summed E-state index contributed by atoms with van der Waals surface area (Å²) in [5, 5.41) is 0. The maximum absolute atomic E-state index is 12.9. The average Bonchev–Trinajstić information content (AvgIpc) is 2.27. The smallest absolute Gasteiger partial charge is 0.336 e. The number of alkyl halides is 2. The first kappa shape index (κ1) is 13.1. The Morgan fingerprint density at radius 3 is 2.50 bits per heavy atom. The predicted octanol–water partition coefficient (Wildman–Crippen LogP) is 2.04. The molecule has 1 aromatic carbocycles. The summed E-state index contributed by atoms with van der Waals surface area (Å²) in [6.07, 6.45) is -3.06. The van der Waals surface area contributed by atoms with Crippen LogP contribution in [0.3, 0.4) is 0 Å². The summed E-state index contributed by atoms with van der Waals surface area (Å²) in [4.78, 5) is 11.4. The van der Waals surface area contributed by atoms with Crippen molar-refractivity contribution < 1.29 is 18.3 Å². The maximum atomic E-state index is 12.9. The highest BCUT2D eigenvalue weighted by atomic mass is 79.9. The first-order valence-corrected chi connectivity index (χ1v) is 5.14. The highest BCUT2D eigenvalue weighted by Crippen LogP contribution is 2.32. The van der Waals surface area contributed by atoms with Gasteiger partial charge in [0.15, 0.2) is 0 Å². The number of esters is 1. The summed E-state index contributed by atoms with van der Waals surface area (Å²) in [7, 11) is 1.02. The predicted molar refractivity (Wildman–Crippen MR) is 58.0 cm³/mol. The van der Waals surface area contributed by atoms with Crippen molar-refractivity contribution in [3.63, 3.8) is 0 Å². The molecule has 0 bridgehead atoms. The number of methoxy groups -OCH3 is 1. The molecular formula is C10H10BrF2NO2. The average molecular weight is 294 g/mol. The van der Waals surface area contributed by atoms with E-state index in [-0.39, 0.29) is 5.56 Å². The lowest BCUT2D eigenvalue weighted by molar-refractivity contribution is -0.154. The van der Waals surface area contributed by atoms with E-state index in [9.17, 15) is 13.6 Å². The zero-order valence-electron chi connectivity index (χ0n) is 8.41. The van der Waals surface area contributed by atoms with Gasteiger partial charge in [-0.1, -0.05) is 34.1 Å². The van der Waals surface area contributed by atoms with Crippen LogP contribution in [0.15, 0.2) is 28.7 Å². The van der Waals surface area contributed by atoms with Gasteiger partial charge in [0.05, 0.1) is 7.11 Å². The number of halogens is 3. The summed E-state index contributed by atoms with van der Waals surface area (Å²) in [5.74, 6) is -1.17. The Morgan fingerprint density at radius 2 is 2.06 bits per heavy atom. The molecule has 0 aromatic heterocycles. The Balaban J connectivity index is 3.33. The van der Waals surface area contributed by atoms with E-state index in [1.54, 1.807) is 6.07 Å². The van der Waals surface area contributed by atoms with Gasteiger partial charge in [-0.15, -0.1) is 0 Å². The van der Waals surface area contributed by atoms with Crippen LogP contribution in [0.5, 0.6) is 0 Å². The molecule has 0 heterocycles. The van der Waals surface area contributed by atoms with Crippen molar-refractivity contribution in [2.45, 2.75) is 12.0 Å². The van der Waals surface area contributed by atoms with Gasteiger partial charge in [0.1, 0.15) is 0 Å². The standard InChI is InChI=1S/C10H10BrF2NO2/c1-16-9(15)10(14,8(12)13)6-4-2-3-5-7(6)11/h2-5,8H,14H2,1H3. The zero-order valence-corrected chi connectivity index (χ0v) is 10.0. The van der Waals surface area contributed by atoms with Crippen molar-refractivity contribution in [3.05, 3.63) is 34.3 Å². The van der Waals surface area contributed by atoms with Crippen molar-refractivity contribution in [3.8, 4) is 0 Å². The minimum Gasteiger partial charge on any atom is -0.467 e.